The number of fused-ring (bicyclic) bond motifs is 4. The maximum atomic E-state index is 4.90. The summed E-state index contributed by atoms with van der Waals surface area (Å²) in [4.78, 5) is 9.47. The fourth-order valence-corrected chi connectivity index (χ4v) is 5.06. The summed E-state index contributed by atoms with van der Waals surface area (Å²) in [6, 6.07) is 40.3. The Bertz CT molecular complexity index is 1760. The number of hydrogen-bond donors (Lipinski definition) is 0. The molecule has 4 aromatic carbocycles. The van der Waals surface area contributed by atoms with Gasteiger partial charge in [0, 0.05) is 29.2 Å². The van der Waals surface area contributed by atoms with E-state index < -0.39 is 0 Å². The van der Waals surface area contributed by atoms with Gasteiger partial charge in [0.25, 0.3) is 0 Å². The Kier molecular flexibility index (Phi) is 4.49. The molecule has 4 nitrogen and oxygen atoms in total. The Balaban J connectivity index is 1.32. The normalized spacial score (nSPS) is 11.5. The first-order chi connectivity index (χ1) is 17.4. The summed E-state index contributed by atoms with van der Waals surface area (Å²) in [5, 5.41) is 2.55. The van der Waals surface area contributed by atoms with E-state index in [9.17, 15) is 0 Å². The Morgan fingerprint density at radius 2 is 1.20 bits per heavy atom. The molecule has 35 heavy (non-hydrogen) atoms. The van der Waals surface area contributed by atoms with Crippen LogP contribution < -0.4 is 0 Å². The monoisotopic (exact) mass is 450 g/mol. The lowest BCUT2D eigenvalue weighted by Crippen LogP contribution is -2.03. The summed E-state index contributed by atoms with van der Waals surface area (Å²) in [7, 11) is 0. The molecule has 0 fully saturated rings. The molecule has 0 atom stereocenters. The fraction of sp³-hybridized carbons (Fsp3) is 0.0323. The highest BCUT2D eigenvalue weighted by Crippen LogP contribution is 2.32. The molecule has 0 aliphatic carbocycles. The first kappa shape index (κ1) is 19.7. The van der Waals surface area contributed by atoms with Crippen LogP contribution in [0, 0.1) is 0 Å². The predicted molar refractivity (Wildman–Crippen MR) is 143 cm³/mol. The smallest absolute Gasteiger partial charge is 0.160 e. The molecule has 4 heteroatoms. The van der Waals surface area contributed by atoms with E-state index in [0.717, 1.165) is 34.8 Å². The molecule has 0 aliphatic heterocycles. The van der Waals surface area contributed by atoms with Crippen LogP contribution in [0.25, 0.3) is 50.0 Å². The van der Waals surface area contributed by atoms with Crippen LogP contribution in [-0.4, -0.2) is 19.1 Å². The number of hydrogen-bond acceptors (Lipinski definition) is 2. The van der Waals surface area contributed by atoms with E-state index in [1.807, 2.05) is 30.5 Å². The minimum atomic E-state index is 0.722. The Morgan fingerprint density at radius 1 is 0.571 bits per heavy atom. The molecule has 7 rings (SSSR count). The van der Waals surface area contributed by atoms with Gasteiger partial charge in [0.05, 0.1) is 22.1 Å². The second-order valence-corrected chi connectivity index (χ2v) is 8.76. The van der Waals surface area contributed by atoms with E-state index in [1.165, 1.54) is 27.4 Å². The lowest BCUT2D eigenvalue weighted by atomic mass is 10.2. The van der Waals surface area contributed by atoms with Gasteiger partial charge in [-0.05, 0) is 54.1 Å². The van der Waals surface area contributed by atoms with Crippen molar-refractivity contribution in [1.82, 2.24) is 19.1 Å². The zero-order valence-electron chi connectivity index (χ0n) is 19.0. The van der Waals surface area contributed by atoms with Crippen molar-refractivity contribution in [2.24, 2.45) is 0 Å². The fourth-order valence-electron chi connectivity index (χ4n) is 5.06. The molecular formula is C31H22N4. The topological polar surface area (TPSA) is 35.6 Å². The SMILES string of the molecule is c1ccc(-c2nc3ccccc3n2Cc2ccc(-n3c4ccccc4c4ccccc43)cc2)nc1. The molecule has 3 aromatic heterocycles. The summed E-state index contributed by atoms with van der Waals surface area (Å²) in [6.45, 7) is 0.722. The van der Waals surface area contributed by atoms with E-state index in [-0.39, 0.29) is 0 Å². The molecule has 3 heterocycles. The third kappa shape index (κ3) is 3.22. The van der Waals surface area contributed by atoms with Gasteiger partial charge in [0.2, 0.25) is 0 Å². The van der Waals surface area contributed by atoms with Crippen molar-refractivity contribution in [3.63, 3.8) is 0 Å². The zero-order chi connectivity index (χ0) is 23.2. The largest absolute Gasteiger partial charge is 0.318 e. The summed E-state index contributed by atoms with van der Waals surface area (Å²) in [5.74, 6) is 0.887. The minimum Gasteiger partial charge on any atom is -0.318 e. The van der Waals surface area contributed by atoms with Gasteiger partial charge in [-0.25, -0.2) is 4.98 Å². The molecule has 0 bridgehead atoms. The van der Waals surface area contributed by atoms with Crippen molar-refractivity contribution in [3.05, 3.63) is 127 Å². The number of imidazole rings is 1. The Morgan fingerprint density at radius 3 is 1.89 bits per heavy atom. The van der Waals surface area contributed by atoms with Gasteiger partial charge in [-0.3, -0.25) is 4.98 Å². The van der Waals surface area contributed by atoms with E-state index in [1.54, 1.807) is 0 Å². The van der Waals surface area contributed by atoms with Crippen molar-refractivity contribution >= 4 is 32.8 Å². The van der Waals surface area contributed by atoms with Crippen LogP contribution in [0.15, 0.2) is 121 Å². The van der Waals surface area contributed by atoms with Crippen LogP contribution in [-0.2, 0) is 6.54 Å². The second kappa shape index (κ2) is 7.96. The molecule has 166 valence electrons. The molecule has 0 saturated carbocycles. The van der Waals surface area contributed by atoms with Gasteiger partial charge in [-0.1, -0.05) is 66.7 Å². The lowest BCUT2D eigenvalue weighted by Gasteiger charge is -2.12. The maximum Gasteiger partial charge on any atom is 0.160 e. The van der Waals surface area contributed by atoms with Crippen LogP contribution in [0.3, 0.4) is 0 Å². The van der Waals surface area contributed by atoms with Crippen molar-refractivity contribution < 1.29 is 0 Å². The highest BCUT2D eigenvalue weighted by Gasteiger charge is 2.15. The first-order valence-corrected chi connectivity index (χ1v) is 11.8. The molecular weight excluding hydrogens is 428 g/mol. The number of para-hydroxylation sites is 4. The molecule has 0 saturated heterocycles. The van der Waals surface area contributed by atoms with Crippen LogP contribution >= 0.6 is 0 Å². The molecule has 0 amide bonds. The van der Waals surface area contributed by atoms with Gasteiger partial charge < -0.3 is 9.13 Å². The highest BCUT2D eigenvalue weighted by atomic mass is 15.1. The van der Waals surface area contributed by atoms with Crippen molar-refractivity contribution in [2.45, 2.75) is 6.54 Å². The molecule has 0 aliphatic rings. The average Bonchev–Trinajstić information content (AvgIpc) is 3.46. The summed E-state index contributed by atoms with van der Waals surface area (Å²) < 4.78 is 4.60. The van der Waals surface area contributed by atoms with Crippen LogP contribution in [0.2, 0.25) is 0 Å². The number of rotatable bonds is 4. The summed E-state index contributed by atoms with van der Waals surface area (Å²) >= 11 is 0. The van der Waals surface area contributed by atoms with Gasteiger partial charge in [-0.15, -0.1) is 0 Å². The minimum absolute atomic E-state index is 0.722. The average molecular weight is 451 g/mol. The third-order valence-electron chi connectivity index (χ3n) is 6.66. The highest BCUT2D eigenvalue weighted by molar-refractivity contribution is 6.09. The van der Waals surface area contributed by atoms with E-state index in [0.29, 0.717) is 0 Å². The predicted octanol–water partition coefficient (Wildman–Crippen LogP) is 7.24. The molecule has 0 spiro atoms. The Labute approximate surface area is 202 Å². The molecule has 7 aromatic rings. The first-order valence-electron chi connectivity index (χ1n) is 11.8. The lowest BCUT2D eigenvalue weighted by molar-refractivity contribution is 0.830. The number of pyridine rings is 1. The summed E-state index contributed by atoms with van der Waals surface area (Å²) in [5.41, 5.74) is 7.79. The summed E-state index contributed by atoms with van der Waals surface area (Å²) in [6.07, 6.45) is 1.82. The molecule has 0 unspecified atom stereocenters. The van der Waals surface area contributed by atoms with Gasteiger partial charge in [0.1, 0.15) is 5.69 Å². The van der Waals surface area contributed by atoms with Crippen LogP contribution in [0.4, 0.5) is 0 Å². The van der Waals surface area contributed by atoms with Crippen LogP contribution in [0.1, 0.15) is 5.56 Å². The van der Waals surface area contributed by atoms with E-state index in [4.69, 9.17) is 4.98 Å². The number of aromatic nitrogens is 4. The van der Waals surface area contributed by atoms with Gasteiger partial charge in [0.15, 0.2) is 5.82 Å². The van der Waals surface area contributed by atoms with Crippen LogP contribution in [0.5, 0.6) is 0 Å². The quantitative estimate of drug-likeness (QED) is 0.283. The Hall–Kier alpha value is -4.70. The molecule has 0 N–H and O–H groups in total. The second-order valence-electron chi connectivity index (χ2n) is 8.76. The van der Waals surface area contributed by atoms with Gasteiger partial charge in [-0.2, -0.15) is 0 Å². The molecule has 0 radical (unpaired) electrons. The standard InChI is InChI=1S/C31H22N4/c1-4-13-28-24(9-1)25-10-2-5-14-29(25)35(28)23-18-16-22(17-19-23)21-34-30-15-6-3-11-26(30)33-31(34)27-12-7-8-20-32-27/h1-20H,21H2. The van der Waals surface area contributed by atoms with Crippen molar-refractivity contribution in [1.29, 1.82) is 0 Å². The maximum absolute atomic E-state index is 4.90. The third-order valence-corrected chi connectivity index (χ3v) is 6.66. The number of benzene rings is 4. The van der Waals surface area contributed by atoms with Gasteiger partial charge >= 0.3 is 0 Å². The van der Waals surface area contributed by atoms with Crippen molar-refractivity contribution in [2.75, 3.05) is 0 Å². The van der Waals surface area contributed by atoms with E-state index >= 15 is 0 Å². The van der Waals surface area contributed by atoms with E-state index in [2.05, 4.69) is 105 Å². The van der Waals surface area contributed by atoms with Crippen molar-refractivity contribution in [3.8, 4) is 17.2 Å². The number of nitrogens with zero attached hydrogens (tertiary/aromatic N) is 4. The zero-order valence-corrected chi connectivity index (χ0v) is 19.0.